The SMILES string of the molecule is Cc1cnn(C(=O)NC2CC3CC2CN3)c1. The topological polar surface area (TPSA) is 59.0 Å². The molecule has 0 radical (unpaired) electrons. The summed E-state index contributed by atoms with van der Waals surface area (Å²) < 4.78 is 1.38. The number of amides is 1. The molecular weight excluding hydrogens is 204 g/mol. The van der Waals surface area contributed by atoms with E-state index in [4.69, 9.17) is 0 Å². The minimum atomic E-state index is -0.106. The number of aryl methyl sites for hydroxylation is 1. The maximum absolute atomic E-state index is 11.9. The highest BCUT2D eigenvalue weighted by molar-refractivity contribution is 5.76. The van der Waals surface area contributed by atoms with Crippen molar-refractivity contribution in [3.05, 3.63) is 18.0 Å². The number of carbonyl (C=O) groups is 1. The summed E-state index contributed by atoms with van der Waals surface area (Å²) in [6.07, 6.45) is 5.70. The molecule has 1 aromatic rings. The van der Waals surface area contributed by atoms with Crippen LogP contribution in [0.4, 0.5) is 4.79 Å². The lowest BCUT2D eigenvalue weighted by atomic mass is 10.0. The molecule has 5 nitrogen and oxygen atoms in total. The van der Waals surface area contributed by atoms with Crippen LogP contribution in [-0.4, -0.2) is 34.4 Å². The number of piperidine rings is 1. The minimum absolute atomic E-state index is 0.106. The van der Waals surface area contributed by atoms with Crippen LogP contribution in [0.1, 0.15) is 18.4 Å². The second kappa shape index (κ2) is 3.59. The summed E-state index contributed by atoms with van der Waals surface area (Å²) in [6.45, 7) is 2.96. The van der Waals surface area contributed by atoms with E-state index >= 15 is 0 Å². The molecule has 2 heterocycles. The van der Waals surface area contributed by atoms with Crippen molar-refractivity contribution in [3.63, 3.8) is 0 Å². The highest BCUT2D eigenvalue weighted by atomic mass is 16.2. The molecule has 3 rings (SSSR count). The van der Waals surface area contributed by atoms with Crippen LogP contribution in [0.25, 0.3) is 0 Å². The Labute approximate surface area is 94.2 Å². The molecule has 5 heteroatoms. The van der Waals surface area contributed by atoms with Crippen LogP contribution in [0, 0.1) is 12.8 Å². The standard InChI is InChI=1S/C11H16N4O/c1-7-4-13-15(6-7)11(16)14-10-3-9-2-8(10)5-12-9/h4,6,8-10,12H,2-3,5H2,1H3,(H,14,16). The van der Waals surface area contributed by atoms with Gasteiger partial charge in [-0.05, 0) is 31.2 Å². The van der Waals surface area contributed by atoms with Gasteiger partial charge >= 0.3 is 6.03 Å². The van der Waals surface area contributed by atoms with Crippen LogP contribution in [-0.2, 0) is 0 Å². The van der Waals surface area contributed by atoms with E-state index in [2.05, 4.69) is 15.7 Å². The number of hydrogen-bond acceptors (Lipinski definition) is 3. The van der Waals surface area contributed by atoms with Gasteiger partial charge in [0.2, 0.25) is 0 Å². The molecule has 0 spiro atoms. The second-order valence-corrected chi connectivity index (χ2v) is 4.85. The smallest absolute Gasteiger partial charge is 0.333 e. The predicted molar refractivity (Wildman–Crippen MR) is 59.2 cm³/mol. The maximum atomic E-state index is 11.9. The monoisotopic (exact) mass is 220 g/mol. The van der Waals surface area contributed by atoms with Crippen molar-refractivity contribution in [2.75, 3.05) is 6.54 Å². The van der Waals surface area contributed by atoms with Crippen LogP contribution in [0.15, 0.2) is 12.4 Å². The molecule has 86 valence electrons. The molecule has 2 bridgehead atoms. The van der Waals surface area contributed by atoms with Crippen molar-refractivity contribution in [2.24, 2.45) is 5.92 Å². The normalized spacial score (nSPS) is 31.9. The second-order valence-electron chi connectivity index (χ2n) is 4.85. The lowest BCUT2D eigenvalue weighted by Gasteiger charge is -2.23. The third kappa shape index (κ3) is 1.61. The van der Waals surface area contributed by atoms with Crippen molar-refractivity contribution in [2.45, 2.75) is 31.8 Å². The quantitative estimate of drug-likeness (QED) is 0.724. The number of nitrogens with one attached hydrogen (secondary N) is 2. The third-order valence-electron chi connectivity index (χ3n) is 3.59. The number of rotatable bonds is 1. The van der Waals surface area contributed by atoms with Gasteiger partial charge in [0.05, 0.1) is 6.20 Å². The molecule has 1 saturated heterocycles. The van der Waals surface area contributed by atoms with E-state index in [-0.39, 0.29) is 6.03 Å². The summed E-state index contributed by atoms with van der Waals surface area (Å²) in [4.78, 5) is 11.9. The zero-order chi connectivity index (χ0) is 11.1. The molecule has 0 aromatic carbocycles. The van der Waals surface area contributed by atoms with Gasteiger partial charge < -0.3 is 10.6 Å². The number of hydrogen-bond donors (Lipinski definition) is 2. The average Bonchev–Trinajstić information content (AvgIpc) is 2.92. The van der Waals surface area contributed by atoms with Crippen molar-refractivity contribution >= 4 is 6.03 Å². The molecule has 2 N–H and O–H groups in total. The van der Waals surface area contributed by atoms with E-state index in [1.807, 2.05) is 6.92 Å². The Hall–Kier alpha value is -1.36. The summed E-state index contributed by atoms with van der Waals surface area (Å²) in [5, 5.41) is 10.5. The summed E-state index contributed by atoms with van der Waals surface area (Å²) >= 11 is 0. The van der Waals surface area contributed by atoms with Crippen LogP contribution in [0.5, 0.6) is 0 Å². The first-order chi connectivity index (χ1) is 7.72. The van der Waals surface area contributed by atoms with E-state index in [1.165, 1.54) is 11.1 Å². The molecular formula is C11H16N4O. The zero-order valence-electron chi connectivity index (χ0n) is 9.31. The summed E-state index contributed by atoms with van der Waals surface area (Å²) in [7, 11) is 0. The predicted octanol–water partition coefficient (Wildman–Crippen LogP) is 0.500. The van der Waals surface area contributed by atoms with Gasteiger partial charge in [-0.1, -0.05) is 0 Å². The molecule has 16 heavy (non-hydrogen) atoms. The van der Waals surface area contributed by atoms with E-state index in [0.29, 0.717) is 18.0 Å². The van der Waals surface area contributed by atoms with Crippen LogP contribution in [0.3, 0.4) is 0 Å². The Kier molecular flexibility index (Phi) is 2.21. The van der Waals surface area contributed by atoms with Crippen molar-refractivity contribution in [1.82, 2.24) is 20.4 Å². The highest BCUT2D eigenvalue weighted by Gasteiger charge is 2.40. The maximum Gasteiger partial charge on any atom is 0.342 e. The van der Waals surface area contributed by atoms with Gasteiger partial charge in [0.15, 0.2) is 0 Å². The van der Waals surface area contributed by atoms with Crippen LogP contribution < -0.4 is 10.6 Å². The Bertz CT molecular complexity index is 414. The third-order valence-corrected chi connectivity index (χ3v) is 3.59. The van der Waals surface area contributed by atoms with Gasteiger partial charge in [0.25, 0.3) is 0 Å². The Morgan fingerprint density at radius 3 is 3.06 bits per heavy atom. The van der Waals surface area contributed by atoms with Crippen molar-refractivity contribution in [1.29, 1.82) is 0 Å². The van der Waals surface area contributed by atoms with Crippen molar-refractivity contribution in [3.8, 4) is 0 Å². The fourth-order valence-corrected chi connectivity index (χ4v) is 2.76. The average molecular weight is 220 g/mol. The molecule has 3 unspecified atom stereocenters. The van der Waals surface area contributed by atoms with Gasteiger partial charge in [-0.15, -0.1) is 0 Å². The fourth-order valence-electron chi connectivity index (χ4n) is 2.76. The lowest BCUT2D eigenvalue weighted by molar-refractivity contribution is 0.230. The summed E-state index contributed by atoms with van der Waals surface area (Å²) in [5.41, 5.74) is 1.00. The fraction of sp³-hybridized carbons (Fsp3) is 0.636. The summed E-state index contributed by atoms with van der Waals surface area (Å²) in [5.74, 6) is 0.602. The van der Waals surface area contributed by atoms with Gasteiger partial charge in [0.1, 0.15) is 0 Å². The highest BCUT2D eigenvalue weighted by Crippen LogP contribution is 2.31. The molecule has 1 aliphatic carbocycles. The minimum Gasteiger partial charge on any atom is -0.333 e. The first-order valence-electron chi connectivity index (χ1n) is 5.78. The number of carbonyl (C=O) groups excluding carboxylic acids is 1. The number of nitrogens with zero attached hydrogens (tertiary/aromatic N) is 2. The van der Waals surface area contributed by atoms with Crippen LogP contribution >= 0.6 is 0 Å². The molecule has 2 fully saturated rings. The van der Waals surface area contributed by atoms with Gasteiger partial charge in [-0.25, -0.2) is 4.79 Å². The van der Waals surface area contributed by atoms with Gasteiger partial charge in [-0.3, -0.25) is 0 Å². The molecule has 1 amide bonds. The van der Waals surface area contributed by atoms with E-state index in [0.717, 1.165) is 18.5 Å². The molecule has 1 saturated carbocycles. The van der Waals surface area contributed by atoms with Crippen molar-refractivity contribution < 1.29 is 4.79 Å². The Morgan fingerprint density at radius 2 is 2.50 bits per heavy atom. The largest absolute Gasteiger partial charge is 0.342 e. The van der Waals surface area contributed by atoms with E-state index < -0.39 is 0 Å². The molecule has 3 atom stereocenters. The van der Waals surface area contributed by atoms with E-state index in [9.17, 15) is 4.79 Å². The Morgan fingerprint density at radius 1 is 1.62 bits per heavy atom. The Balaban J connectivity index is 1.65. The van der Waals surface area contributed by atoms with E-state index in [1.54, 1.807) is 12.4 Å². The number of fused-ring (bicyclic) bond motifs is 2. The molecule has 1 aromatic heterocycles. The van der Waals surface area contributed by atoms with Gasteiger partial charge in [0, 0.05) is 24.8 Å². The lowest BCUT2D eigenvalue weighted by Crippen LogP contribution is -2.45. The van der Waals surface area contributed by atoms with Crippen LogP contribution in [0.2, 0.25) is 0 Å². The molecule has 2 aliphatic rings. The first kappa shape index (κ1) is 9.84. The molecule has 1 aliphatic heterocycles. The number of aromatic nitrogens is 2. The first-order valence-corrected chi connectivity index (χ1v) is 5.78. The summed E-state index contributed by atoms with van der Waals surface area (Å²) in [6, 6.07) is 0.823. The van der Waals surface area contributed by atoms with Gasteiger partial charge in [-0.2, -0.15) is 9.78 Å². The zero-order valence-corrected chi connectivity index (χ0v) is 9.31.